The molecule has 0 aliphatic carbocycles. The maximum absolute atomic E-state index is 14.0. The van der Waals surface area contributed by atoms with E-state index in [0.29, 0.717) is 29.8 Å². The van der Waals surface area contributed by atoms with E-state index in [1.165, 1.54) is 22.8 Å². The van der Waals surface area contributed by atoms with Crippen LogP contribution < -0.4 is 10.9 Å². The molecule has 4 rings (SSSR count). The van der Waals surface area contributed by atoms with Gasteiger partial charge in [0.25, 0.3) is 5.56 Å². The molecule has 7 nitrogen and oxygen atoms in total. The van der Waals surface area contributed by atoms with Crippen molar-refractivity contribution in [1.29, 1.82) is 0 Å². The Balaban J connectivity index is 1.59. The van der Waals surface area contributed by atoms with Crippen LogP contribution in [-0.2, 0) is 4.74 Å². The van der Waals surface area contributed by atoms with Crippen LogP contribution in [0.1, 0.15) is 24.4 Å². The predicted octanol–water partition coefficient (Wildman–Crippen LogP) is 2.96. The zero-order chi connectivity index (χ0) is 22.5. The van der Waals surface area contributed by atoms with Crippen molar-refractivity contribution in [1.82, 2.24) is 14.5 Å². The highest BCUT2D eigenvalue weighted by Crippen LogP contribution is 2.23. The Kier molecular flexibility index (Phi) is 6.87. The van der Waals surface area contributed by atoms with Crippen LogP contribution in [0.15, 0.2) is 59.7 Å². The van der Waals surface area contributed by atoms with Gasteiger partial charge in [0, 0.05) is 37.2 Å². The van der Waals surface area contributed by atoms with Gasteiger partial charge in [-0.1, -0.05) is 12.1 Å². The molecule has 1 saturated heterocycles. The molecule has 168 valence electrons. The molecule has 0 spiro atoms. The number of hydrogen-bond donors (Lipinski definition) is 2. The molecule has 3 heterocycles. The van der Waals surface area contributed by atoms with E-state index in [4.69, 9.17) is 4.74 Å². The number of ether oxygens (including phenoxy) is 1. The van der Waals surface area contributed by atoms with Gasteiger partial charge in [-0.2, -0.15) is 0 Å². The van der Waals surface area contributed by atoms with E-state index in [9.17, 15) is 18.7 Å². The second-order valence-corrected chi connectivity index (χ2v) is 7.64. The van der Waals surface area contributed by atoms with Crippen LogP contribution >= 0.6 is 0 Å². The SMILES string of the molecule is O=c1cc(-c2ccnc(N[C@@H]3CCOC[C@H]3F)n2)ccn1[C@H](CCO)c1cccc(F)c1. The van der Waals surface area contributed by atoms with E-state index in [1.54, 1.807) is 36.7 Å². The van der Waals surface area contributed by atoms with Gasteiger partial charge in [-0.15, -0.1) is 0 Å². The summed E-state index contributed by atoms with van der Waals surface area (Å²) in [6.07, 6.45) is 2.78. The van der Waals surface area contributed by atoms with E-state index in [1.807, 2.05) is 0 Å². The van der Waals surface area contributed by atoms with Crippen LogP contribution in [0, 0.1) is 5.82 Å². The minimum Gasteiger partial charge on any atom is -0.396 e. The number of nitrogens with one attached hydrogen (secondary N) is 1. The molecule has 1 fully saturated rings. The highest BCUT2D eigenvalue weighted by Gasteiger charge is 2.26. The number of benzene rings is 1. The molecule has 0 bridgehead atoms. The summed E-state index contributed by atoms with van der Waals surface area (Å²) in [6, 6.07) is 9.87. The third kappa shape index (κ3) is 5.00. The number of aliphatic hydroxyl groups excluding tert-OH is 1. The second-order valence-electron chi connectivity index (χ2n) is 7.64. The van der Waals surface area contributed by atoms with Gasteiger partial charge < -0.3 is 19.7 Å². The molecule has 1 aromatic carbocycles. The summed E-state index contributed by atoms with van der Waals surface area (Å²) >= 11 is 0. The number of alkyl halides is 1. The molecule has 9 heteroatoms. The quantitative estimate of drug-likeness (QED) is 0.585. The van der Waals surface area contributed by atoms with Crippen molar-refractivity contribution in [2.24, 2.45) is 0 Å². The molecule has 0 amide bonds. The van der Waals surface area contributed by atoms with Crippen LogP contribution in [0.25, 0.3) is 11.3 Å². The normalized spacial score (nSPS) is 19.5. The minimum atomic E-state index is -1.15. The van der Waals surface area contributed by atoms with Crippen molar-refractivity contribution in [2.45, 2.75) is 31.1 Å². The summed E-state index contributed by atoms with van der Waals surface area (Å²) in [5.41, 5.74) is 1.37. The van der Waals surface area contributed by atoms with Crippen molar-refractivity contribution in [3.05, 3.63) is 76.6 Å². The molecule has 1 aliphatic rings. The number of nitrogens with zero attached hydrogens (tertiary/aromatic N) is 3. The molecular weight excluding hydrogens is 418 g/mol. The Morgan fingerprint density at radius 1 is 1.28 bits per heavy atom. The molecule has 0 unspecified atom stereocenters. The lowest BCUT2D eigenvalue weighted by Crippen LogP contribution is -2.39. The minimum absolute atomic E-state index is 0.0376. The Morgan fingerprint density at radius 2 is 2.16 bits per heavy atom. The topological polar surface area (TPSA) is 89.3 Å². The van der Waals surface area contributed by atoms with Crippen LogP contribution in [0.2, 0.25) is 0 Å². The zero-order valence-corrected chi connectivity index (χ0v) is 17.3. The molecule has 1 aliphatic heterocycles. The van der Waals surface area contributed by atoms with E-state index < -0.39 is 24.1 Å². The first-order chi connectivity index (χ1) is 15.5. The van der Waals surface area contributed by atoms with E-state index in [2.05, 4.69) is 15.3 Å². The first kappa shape index (κ1) is 22.0. The summed E-state index contributed by atoms with van der Waals surface area (Å²) in [5.74, 6) is -0.129. The maximum atomic E-state index is 14.0. The average Bonchev–Trinajstić information content (AvgIpc) is 2.79. The van der Waals surface area contributed by atoms with Gasteiger partial charge in [0.2, 0.25) is 5.95 Å². The molecule has 0 saturated carbocycles. The Bertz CT molecular complexity index is 1120. The number of halogens is 2. The van der Waals surface area contributed by atoms with Crippen LogP contribution in [0.3, 0.4) is 0 Å². The highest BCUT2D eigenvalue weighted by molar-refractivity contribution is 5.59. The first-order valence-corrected chi connectivity index (χ1v) is 10.5. The van der Waals surface area contributed by atoms with Gasteiger partial charge in [-0.25, -0.2) is 18.7 Å². The van der Waals surface area contributed by atoms with Gasteiger partial charge in [0.05, 0.1) is 24.4 Å². The lowest BCUT2D eigenvalue weighted by atomic mass is 10.0. The number of pyridine rings is 1. The smallest absolute Gasteiger partial charge is 0.251 e. The third-order valence-electron chi connectivity index (χ3n) is 5.47. The standard InChI is InChI=1S/C23H24F2N4O3/c24-17-3-1-2-16(12-17)21(6-10-30)29-9-5-15(13-22(29)31)19-4-8-26-23(27-19)28-20-7-11-32-14-18(20)25/h1-5,8-9,12-13,18,20-21,30H,6-7,10-11,14H2,(H,26,27,28)/t18-,20-,21-/m1/s1. The Morgan fingerprint density at radius 3 is 2.91 bits per heavy atom. The lowest BCUT2D eigenvalue weighted by Gasteiger charge is -2.26. The molecule has 2 N–H and O–H groups in total. The van der Waals surface area contributed by atoms with E-state index in [-0.39, 0.29) is 31.1 Å². The number of rotatable bonds is 7. The van der Waals surface area contributed by atoms with Crippen molar-refractivity contribution >= 4 is 5.95 Å². The van der Waals surface area contributed by atoms with Gasteiger partial charge in [-0.3, -0.25) is 4.79 Å². The second kappa shape index (κ2) is 9.97. The lowest BCUT2D eigenvalue weighted by molar-refractivity contribution is 0.0284. The molecule has 0 radical (unpaired) electrons. The van der Waals surface area contributed by atoms with Crippen LogP contribution in [0.5, 0.6) is 0 Å². The average molecular weight is 442 g/mol. The number of aliphatic hydroxyl groups is 1. The zero-order valence-electron chi connectivity index (χ0n) is 17.3. The van der Waals surface area contributed by atoms with Gasteiger partial charge in [-0.05, 0) is 42.7 Å². The third-order valence-corrected chi connectivity index (χ3v) is 5.47. The Labute approximate surface area is 183 Å². The number of hydrogen-bond acceptors (Lipinski definition) is 6. The molecule has 2 aromatic heterocycles. The van der Waals surface area contributed by atoms with Crippen LogP contribution in [0.4, 0.5) is 14.7 Å². The molecule has 3 atom stereocenters. The van der Waals surface area contributed by atoms with Crippen molar-refractivity contribution in [3.8, 4) is 11.3 Å². The Hall–Kier alpha value is -3.17. The highest BCUT2D eigenvalue weighted by atomic mass is 19.1. The van der Waals surface area contributed by atoms with Crippen molar-refractivity contribution in [3.63, 3.8) is 0 Å². The summed E-state index contributed by atoms with van der Waals surface area (Å²) in [6.45, 7) is 0.352. The largest absolute Gasteiger partial charge is 0.396 e. The van der Waals surface area contributed by atoms with Crippen molar-refractivity contribution < 1.29 is 18.6 Å². The van der Waals surface area contributed by atoms with Gasteiger partial charge in [0.1, 0.15) is 12.0 Å². The van der Waals surface area contributed by atoms with Gasteiger partial charge >= 0.3 is 0 Å². The fourth-order valence-electron chi connectivity index (χ4n) is 3.83. The molecule has 3 aromatic rings. The first-order valence-electron chi connectivity index (χ1n) is 10.5. The fourth-order valence-corrected chi connectivity index (χ4v) is 3.83. The number of anilines is 1. The van der Waals surface area contributed by atoms with E-state index in [0.717, 1.165) is 0 Å². The molecular formula is C23H24F2N4O3. The molecule has 32 heavy (non-hydrogen) atoms. The van der Waals surface area contributed by atoms with Gasteiger partial charge in [0.15, 0.2) is 0 Å². The summed E-state index contributed by atoms with van der Waals surface area (Å²) in [4.78, 5) is 21.5. The van der Waals surface area contributed by atoms with Crippen LogP contribution in [-0.4, -0.2) is 51.7 Å². The fraction of sp³-hybridized carbons (Fsp3) is 0.348. The monoisotopic (exact) mass is 442 g/mol. The maximum Gasteiger partial charge on any atom is 0.251 e. The summed E-state index contributed by atoms with van der Waals surface area (Å²) in [5, 5.41) is 12.5. The van der Waals surface area contributed by atoms with Crippen molar-refractivity contribution in [2.75, 3.05) is 25.1 Å². The summed E-state index contributed by atoms with van der Waals surface area (Å²) < 4.78 is 34.3. The number of aromatic nitrogens is 3. The van der Waals surface area contributed by atoms with E-state index >= 15 is 0 Å². The predicted molar refractivity (Wildman–Crippen MR) is 116 cm³/mol. The summed E-state index contributed by atoms with van der Waals surface area (Å²) in [7, 11) is 0.